The molecule has 0 amide bonds. The zero-order chi connectivity index (χ0) is 7.68. The maximum Gasteiger partial charge on any atom is 0.181 e. The van der Waals surface area contributed by atoms with Crippen molar-refractivity contribution in [2.24, 2.45) is 0 Å². The summed E-state index contributed by atoms with van der Waals surface area (Å²) in [5, 5.41) is 0. The van der Waals surface area contributed by atoms with E-state index in [1.54, 1.807) is 18.7 Å². The van der Waals surface area contributed by atoms with Gasteiger partial charge in [-0.1, -0.05) is 0 Å². The maximum absolute atomic E-state index is 4.92. The van der Waals surface area contributed by atoms with Crippen LogP contribution in [0, 0.1) is 0 Å². The molecular weight excluding hydrogens is 208 g/mol. The minimum Gasteiger partial charge on any atom is -0.470 e. The minimum absolute atomic E-state index is 0.777. The third kappa shape index (κ3) is 1.09. The summed E-state index contributed by atoms with van der Waals surface area (Å²) in [7, 11) is 0. The normalized spacial score (nSPS) is 10.3. The van der Waals surface area contributed by atoms with Crippen LogP contribution < -0.4 is 0 Å². The van der Waals surface area contributed by atoms with Crippen molar-refractivity contribution in [1.29, 1.82) is 0 Å². The van der Waals surface area contributed by atoms with Crippen molar-refractivity contribution < 1.29 is 4.42 Å². The summed E-state index contributed by atoms with van der Waals surface area (Å²) in [6, 6.07) is 1.87. The molecule has 56 valence electrons. The van der Waals surface area contributed by atoms with Gasteiger partial charge in [0.05, 0.1) is 12.0 Å². The molecule has 2 rings (SSSR count). The Labute approximate surface area is 71.8 Å². The second-order valence-corrected chi connectivity index (χ2v) is 2.76. The molecule has 0 aliphatic rings. The summed E-state index contributed by atoms with van der Waals surface area (Å²) in [6.45, 7) is 0. The van der Waals surface area contributed by atoms with Crippen molar-refractivity contribution in [2.45, 2.75) is 0 Å². The van der Waals surface area contributed by atoms with Crippen LogP contribution in [0.3, 0.4) is 0 Å². The highest BCUT2D eigenvalue weighted by atomic mass is 79.9. The van der Waals surface area contributed by atoms with Crippen LogP contribution in [0.2, 0.25) is 0 Å². The molecule has 0 aromatic carbocycles. The standard InChI is InChI=1S/C7H5BrN2O/c8-7-9-2-3-10(7)6-1-4-11-5-6/h1-5H. The van der Waals surface area contributed by atoms with Crippen LogP contribution >= 0.6 is 15.9 Å². The molecule has 3 nitrogen and oxygen atoms in total. The van der Waals surface area contributed by atoms with Crippen LogP contribution in [-0.2, 0) is 0 Å². The Morgan fingerprint density at radius 1 is 1.55 bits per heavy atom. The zero-order valence-electron chi connectivity index (χ0n) is 5.57. The zero-order valence-corrected chi connectivity index (χ0v) is 7.15. The summed E-state index contributed by atoms with van der Waals surface area (Å²) in [4.78, 5) is 4.01. The van der Waals surface area contributed by atoms with Crippen LogP contribution in [0.5, 0.6) is 0 Å². The Kier molecular flexibility index (Phi) is 1.54. The van der Waals surface area contributed by atoms with Gasteiger partial charge in [0, 0.05) is 18.5 Å². The van der Waals surface area contributed by atoms with E-state index < -0.39 is 0 Å². The Morgan fingerprint density at radius 3 is 3.00 bits per heavy atom. The van der Waals surface area contributed by atoms with Gasteiger partial charge in [0.15, 0.2) is 4.73 Å². The summed E-state index contributed by atoms with van der Waals surface area (Å²) in [5.41, 5.74) is 0.967. The van der Waals surface area contributed by atoms with E-state index in [-0.39, 0.29) is 0 Å². The highest BCUT2D eigenvalue weighted by Crippen LogP contribution is 2.14. The first kappa shape index (κ1) is 6.67. The van der Waals surface area contributed by atoms with E-state index in [0.29, 0.717) is 0 Å². The molecular formula is C7H5BrN2O. The molecule has 0 aliphatic carbocycles. The lowest BCUT2D eigenvalue weighted by atomic mass is 10.5. The first-order valence-corrected chi connectivity index (χ1v) is 3.88. The molecule has 2 heterocycles. The maximum atomic E-state index is 4.92. The van der Waals surface area contributed by atoms with E-state index in [0.717, 1.165) is 10.4 Å². The molecule has 0 bridgehead atoms. The molecule has 0 saturated carbocycles. The van der Waals surface area contributed by atoms with E-state index in [1.165, 1.54) is 0 Å². The highest BCUT2D eigenvalue weighted by Gasteiger charge is 2.00. The van der Waals surface area contributed by atoms with Gasteiger partial charge in [-0.25, -0.2) is 4.98 Å². The summed E-state index contributed by atoms with van der Waals surface area (Å²) >= 11 is 3.30. The molecule has 0 atom stereocenters. The van der Waals surface area contributed by atoms with Crippen molar-refractivity contribution in [1.82, 2.24) is 9.55 Å². The lowest BCUT2D eigenvalue weighted by Crippen LogP contribution is -1.88. The van der Waals surface area contributed by atoms with Crippen molar-refractivity contribution >= 4 is 15.9 Å². The van der Waals surface area contributed by atoms with Crippen molar-refractivity contribution in [3.63, 3.8) is 0 Å². The van der Waals surface area contributed by atoms with Gasteiger partial charge in [0.25, 0.3) is 0 Å². The molecule has 0 radical (unpaired) electrons. The fourth-order valence-corrected chi connectivity index (χ4v) is 1.31. The molecule has 0 unspecified atom stereocenters. The fraction of sp³-hybridized carbons (Fsp3) is 0. The molecule has 11 heavy (non-hydrogen) atoms. The topological polar surface area (TPSA) is 31.0 Å². The van der Waals surface area contributed by atoms with Crippen molar-refractivity contribution in [3.8, 4) is 5.69 Å². The number of hydrogen-bond acceptors (Lipinski definition) is 2. The van der Waals surface area contributed by atoms with E-state index >= 15 is 0 Å². The molecule has 4 heteroatoms. The molecule has 2 aromatic rings. The third-order valence-corrected chi connectivity index (χ3v) is 1.97. The lowest BCUT2D eigenvalue weighted by Gasteiger charge is -1.95. The van der Waals surface area contributed by atoms with Crippen LogP contribution in [0.15, 0.2) is 40.1 Å². The van der Waals surface area contributed by atoms with Gasteiger partial charge in [-0.3, -0.25) is 4.57 Å². The molecule has 0 spiro atoms. The molecule has 0 aliphatic heterocycles. The Morgan fingerprint density at radius 2 is 2.45 bits per heavy atom. The van der Waals surface area contributed by atoms with E-state index in [4.69, 9.17) is 4.42 Å². The van der Waals surface area contributed by atoms with Crippen LogP contribution in [0.4, 0.5) is 0 Å². The lowest BCUT2D eigenvalue weighted by molar-refractivity contribution is 0.565. The smallest absolute Gasteiger partial charge is 0.181 e. The van der Waals surface area contributed by atoms with Gasteiger partial charge in [-0.15, -0.1) is 0 Å². The summed E-state index contributed by atoms with van der Waals surface area (Å²) in [5.74, 6) is 0. The molecule has 0 N–H and O–H groups in total. The number of rotatable bonds is 1. The van der Waals surface area contributed by atoms with Crippen LogP contribution in [0.25, 0.3) is 5.69 Å². The second kappa shape index (κ2) is 2.54. The van der Waals surface area contributed by atoms with E-state index in [2.05, 4.69) is 20.9 Å². The Balaban J connectivity index is 2.53. The predicted octanol–water partition coefficient (Wildman–Crippen LogP) is 2.23. The first-order valence-electron chi connectivity index (χ1n) is 3.09. The number of aromatic nitrogens is 2. The van der Waals surface area contributed by atoms with E-state index in [9.17, 15) is 0 Å². The van der Waals surface area contributed by atoms with Crippen molar-refractivity contribution in [3.05, 3.63) is 35.7 Å². The van der Waals surface area contributed by atoms with Crippen LogP contribution in [0.1, 0.15) is 0 Å². The number of nitrogens with zero attached hydrogens (tertiary/aromatic N) is 2. The Hall–Kier alpha value is -1.03. The average Bonchev–Trinajstić information content (AvgIpc) is 2.55. The average molecular weight is 213 g/mol. The second-order valence-electron chi connectivity index (χ2n) is 2.05. The summed E-state index contributed by atoms with van der Waals surface area (Å²) in [6.07, 6.45) is 6.86. The molecule has 0 saturated heterocycles. The van der Waals surface area contributed by atoms with E-state index in [1.807, 2.05) is 16.8 Å². The summed E-state index contributed by atoms with van der Waals surface area (Å²) < 4.78 is 7.58. The van der Waals surface area contributed by atoms with Gasteiger partial charge in [0.1, 0.15) is 6.26 Å². The predicted molar refractivity (Wildman–Crippen MR) is 43.5 cm³/mol. The highest BCUT2D eigenvalue weighted by molar-refractivity contribution is 9.10. The molecule has 2 aromatic heterocycles. The number of halogens is 1. The quantitative estimate of drug-likeness (QED) is 0.727. The van der Waals surface area contributed by atoms with Crippen molar-refractivity contribution in [2.75, 3.05) is 0 Å². The minimum atomic E-state index is 0.777. The number of furan rings is 1. The largest absolute Gasteiger partial charge is 0.470 e. The monoisotopic (exact) mass is 212 g/mol. The third-order valence-electron chi connectivity index (χ3n) is 1.38. The SMILES string of the molecule is Brc1nccn1-c1ccoc1. The fourth-order valence-electron chi connectivity index (χ4n) is 0.872. The number of imidazole rings is 1. The van der Waals surface area contributed by atoms with Crippen LogP contribution in [-0.4, -0.2) is 9.55 Å². The van der Waals surface area contributed by atoms with Gasteiger partial charge in [-0.05, 0) is 15.9 Å². The first-order chi connectivity index (χ1) is 5.38. The van der Waals surface area contributed by atoms with Gasteiger partial charge in [0.2, 0.25) is 0 Å². The number of hydrogen-bond donors (Lipinski definition) is 0. The van der Waals surface area contributed by atoms with Gasteiger partial charge in [-0.2, -0.15) is 0 Å². The Bertz CT molecular complexity index is 339. The molecule has 0 fully saturated rings. The van der Waals surface area contributed by atoms with Gasteiger partial charge < -0.3 is 4.42 Å². The van der Waals surface area contributed by atoms with Gasteiger partial charge >= 0.3 is 0 Å².